The van der Waals surface area contributed by atoms with Gasteiger partial charge in [0.2, 0.25) is 0 Å². The Labute approximate surface area is 85.9 Å². The van der Waals surface area contributed by atoms with E-state index < -0.39 is 37.4 Å². The molecule has 90 valence electrons. The molecule has 0 unspecified atom stereocenters. The van der Waals surface area contributed by atoms with Crippen molar-refractivity contribution in [3.8, 4) is 0 Å². The first kappa shape index (κ1) is 12.8. The second-order valence-electron chi connectivity index (χ2n) is 3.29. The van der Waals surface area contributed by atoms with Gasteiger partial charge in [-0.1, -0.05) is 0 Å². The molecule has 0 aliphatic carbocycles. The molecule has 15 heavy (non-hydrogen) atoms. The molecule has 0 spiro atoms. The summed E-state index contributed by atoms with van der Waals surface area (Å²) in [5.41, 5.74) is 0. The molecule has 7 heteroatoms. The zero-order valence-electron chi connectivity index (χ0n) is 7.99. The summed E-state index contributed by atoms with van der Waals surface area (Å²) >= 11 is 0. The van der Waals surface area contributed by atoms with Gasteiger partial charge in [-0.05, 0) is 0 Å². The van der Waals surface area contributed by atoms with Crippen molar-refractivity contribution >= 4 is 0 Å². The van der Waals surface area contributed by atoms with Gasteiger partial charge in [-0.2, -0.15) is 0 Å². The number of hydrogen-bond donors (Lipinski definition) is 4. The van der Waals surface area contributed by atoms with Gasteiger partial charge in [0, 0.05) is 0 Å². The van der Waals surface area contributed by atoms with Crippen LogP contribution < -0.4 is 0 Å². The molecule has 4 N–H and O–H groups in total. The number of aliphatic hydroxyl groups is 4. The third-order valence-corrected chi connectivity index (χ3v) is 2.17. The topological polar surface area (TPSA) is 99.4 Å². The number of aliphatic hydroxyl groups excluding tert-OH is 4. The number of ether oxygens (including phenoxy) is 2. The van der Waals surface area contributed by atoms with E-state index in [1.165, 1.54) is 0 Å². The van der Waals surface area contributed by atoms with E-state index in [1.807, 2.05) is 0 Å². The highest BCUT2D eigenvalue weighted by Gasteiger charge is 2.38. The van der Waals surface area contributed by atoms with Crippen LogP contribution in [0.25, 0.3) is 0 Å². The van der Waals surface area contributed by atoms with E-state index in [0.29, 0.717) is 0 Å². The summed E-state index contributed by atoms with van der Waals surface area (Å²) in [4.78, 5) is 0. The van der Waals surface area contributed by atoms with Crippen LogP contribution in [-0.2, 0) is 9.47 Å². The first-order chi connectivity index (χ1) is 7.07. The predicted molar refractivity (Wildman–Crippen MR) is 45.7 cm³/mol. The third kappa shape index (κ3) is 3.07. The zero-order valence-corrected chi connectivity index (χ0v) is 7.99. The Kier molecular flexibility index (Phi) is 4.84. The third-order valence-electron chi connectivity index (χ3n) is 2.17. The fourth-order valence-corrected chi connectivity index (χ4v) is 1.25. The minimum Gasteiger partial charge on any atom is -0.394 e. The van der Waals surface area contributed by atoms with Crippen LogP contribution in [0.1, 0.15) is 0 Å². The van der Waals surface area contributed by atoms with Crippen LogP contribution >= 0.6 is 0 Å². The van der Waals surface area contributed by atoms with Crippen LogP contribution in [0.2, 0.25) is 0 Å². The molecule has 0 aromatic carbocycles. The second-order valence-corrected chi connectivity index (χ2v) is 3.29. The smallest absolute Gasteiger partial charge is 0.191 e. The summed E-state index contributed by atoms with van der Waals surface area (Å²) in [5.74, 6) is 0. The van der Waals surface area contributed by atoms with Crippen LogP contribution in [0.5, 0.6) is 0 Å². The minimum atomic E-state index is -1.97. The Bertz CT molecular complexity index is 186. The van der Waals surface area contributed by atoms with E-state index in [0.717, 1.165) is 0 Å². The summed E-state index contributed by atoms with van der Waals surface area (Å²) < 4.78 is 23.0. The van der Waals surface area contributed by atoms with Gasteiger partial charge in [-0.25, -0.2) is 4.39 Å². The lowest BCUT2D eigenvalue weighted by molar-refractivity contribution is -0.164. The molecule has 0 amide bonds. The van der Waals surface area contributed by atoms with Gasteiger partial charge in [-0.15, -0.1) is 0 Å². The van der Waals surface area contributed by atoms with Crippen molar-refractivity contribution in [1.82, 2.24) is 0 Å². The van der Waals surface area contributed by atoms with Crippen LogP contribution in [0.4, 0.5) is 4.39 Å². The fourth-order valence-electron chi connectivity index (χ4n) is 1.25. The molecule has 1 aliphatic rings. The van der Waals surface area contributed by atoms with Gasteiger partial charge in [0.15, 0.2) is 12.5 Å². The van der Waals surface area contributed by atoms with Crippen LogP contribution in [0.3, 0.4) is 0 Å². The van der Waals surface area contributed by atoms with Gasteiger partial charge in [0.05, 0.1) is 19.8 Å². The lowest BCUT2D eigenvalue weighted by Crippen LogP contribution is -2.48. The van der Waals surface area contributed by atoms with Crippen LogP contribution in [-0.4, -0.2) is 71.0 Å². The number of alkyl halides is 1. The normalized spacial score (nSPS) is 26.2. The summed E-state index contributed by atoms with van der Waals surface area (Å²) in [6.45, 7) is -0.329. The van der Waals surface area contributed by atoms with E-state index in [-0.39, 0.29) is 13.2 Å². The van der Waals surface area contributed by atoms with E-state index in [9.17, 15) is 14.6 Å². The average molecular weight is 226 g/mol. The molecule has 4 atom stereocenters. The molecule has 0 aromatic heterocycles. The highest BCUT2D eigenvalue weighted by atomic mass is 19.1. The maximum atomic E-state index is 13.4. The first-order valence-corrected chi connectivity index (χ1v) is 4.60. The van der Waals surface area contributed by atoms with Crippen molar-refractivity contribution in [3.05, 3.63) is 0 Å². The highest BCUT2D eigenvalue weighted by molar-refractivity contribution is 4.83. The van der Waals surface area contributed by atoms with Gasteiger partial charge in [0.25, 0.3) is 0 Å². The Hall–Kier alpha value is -0.310. The van der Waals surface area contributed by atoms with E-state index >= 15 is 0 Å². The summed E-state index contributed by atoms with van der Waals surface area (Å²) in [7, 11) is 0. The number of halogens is 1. The molecular formula is C8H15FO6. The summed E-state index contributed by atoms with van der Waals surface area (Å²) in [6, 6.07) is 0. The maximum absolute atomic E-state index is 13.4. The molecular weight excluding hydrogens is 211 g/mol. The molecule has 0 bridgehead atoms. The van der Waals surface area contributed by atoms with Gasteiger partial charge in [-0.3, -0.25) is 0 Å². The van der Waals surface area contributed by atoms with E-state index in [1.54, 1.807) is 0 Å². The Morgan fingerprint density at radius 2 is 1.67 bits per heavy atom. The Morgan fingerprint density at radius 3 is 2.13 bits per heavy atom. The molecule has 0 aromatic rings. The molecule has 1 rings (SSSR count). The van der Waals surface area contributed by atoms with Crippen LogP contribution in [0.15, 0.2) is 0 Å². The molecule has 0 saturated carbocycles. The Morgan fingerprint density at radius 1 is 1.13 bits per heavy atom. The van der Waals surface area contributed by atoms with Crippen molar-refractivity contribution < 1.29 is 34.3 Å². The molecule has 1 saturated heterocycles. The van der Waals surface area contributed by atoms with Crippen molar-refractivity contribution in [1.29, 1.82) is 0 Å². The van der Waals surface area contributed by atoms with Crippen LogP contribution in [0, 0.1) is 0 Å². The van der Waals surface area contributed by atoms with E-state index in [4.69, 9.17) is 19.7 Å². The zero-order chi connectivity index (χ0) is 11.4. The largest absolute Gasteiger partial charge is 0.394 e. The van der Waals surface area contributed by atoms with Gasteiger partial charge < -0.3 is 29.9 Å². The molecule has 0 radical (unpaired) electrons. The standard InChI is InChI=1S/C8H15FO6/c9-5(8-14-1-2-15-8)7(13)6(12)4(11)3-10/h4-8,10-13H,1-3H2/t4-,5-,6+,7-/m1/s1. The monoisotopic (exact) mass is 226 g/mol. The molecule has 6 nitrogen and oxygen atoms in total. The lowest BCUT2D eigenvalue weighted by Gasteiger charge is -2.26. The quantitative estimate of drug-likeness (QED) is 0.423. The second kappa shape index (κ2) is 5.69. The van der Waals surface area contributed by atoms with Gasteiger partial charge in [0.1, 0.15) is 18.3 Å². The predicted octanol–water partition coefficient (Wildman–Crippen LogP) is -2.23. The fraction of sp³-hybridized carbons (Fsp3) is 1.00. The summed E-state index contributed by atoms with van der Waals surface area (Å²) in [5, 5.41) is 36.0. The highest BCUT2D eigenvalue weighted by Crippen LogP contribution is 2.18. The van der Waals surface area contributed by atoms with E-state index in [2.05, 4.69) is 0 Å². The van der Waals surface area contributed by atoms with Crippen molar-refractivity contribution in [2.45, 2.75) is 30.8 Å². The SMILES string of the molecule is OC[C@@H](O)[C@H](O)[C@H](O)[C@@H](F)C1OCCO1. The van der Waals surface area contributed by atoms with Crippen molar-refractivity contribution in [2.75, 3.05) is 19.8 Å². The van der Waals surface area contributed by atoms with Crippen molar-refractivity contribution in [3.63, 3.8) is 0 Å². The Balaban J connectivity index is 2.46. The van der Waals surface area contributed by atoms with Crippen molar-refractivity contribution in [2.24, 2.45) is 0 Å². The molecule has 1 heterocycles. The first-order valence-electron chi connectivity index (χ1n) is 4.60. The summed E-state index contributed by atoms with van der Waals surface area (Å²) in [6.07, 6.45) is -8.45. The average Bonchev–Trinajstić information content (AvgIpc) is 2.78. The number of hydrogen-bond acceptors (Lipinski definition) is 6. The molecule has 1 fully saturated rings. The maximum Gasteiger partial charge on any atom is 0.191 e. The molecule has 1 aliphatic heterocycles. The minimum absolute atomic E-state index is 0.219. The lowest BCUT2D eigenvalue weighted by atomic mass is 10.0. The number of rotatable bonds is 5. The van der Waals surface area contributed by atoms with Gasteiger partial charge >= 0.3 is 0 Å².